The van der Waals surface area contributed by atoms with Crippen molar-refractivity contribution in [2.45, 2.75) is 122 Å². The maximum absolute atomic E-state index is 12.3. The zero-order valence-electron chi connectivity index (χ0n) is 21.8. The third-order valence-electron chi connectivity index (χ3n) is 5.67. The maximum Gasteiger partial charge on any atom is 0.267 e. The lowest BCUT2D eigenvalue weighted by Gasteiger charge is -2.22. The van der Waals surface area contributed by atoms with E-state index in [1.807, 2.05) is 0 Å². The molecule has 0 aliphatic carbocycles. The van der Waals surface area contributed by atoms with E-state index in [1.54, 1.807) is 6.08 Å². The van der Waals surface area contributed by atoms with Gasteiger partial charge in [0.25, 0.3) is 10.1 Å². The number of aliphatic hydroxyl groups excluding tert-OH is 2. The molecule has 4 N–H and O–H groups in total. The predicted octanol–water partition coefficient (Wildman–Crippen LogP) is 5.25. The van der Waals surface area contributed by atoms with Crippen molar-refractivity contribution in [2.75, 3.05) is 5.75 Å². The summed E-state index contributed by atoms with van der Waals surface area (Å²) in [7, 11) is -4.43. The SMILES string of the molecule is CC/C=C/CC/C=C/CC/C=C/C(O)C(CS(=O)(=O)O)NC(=O)C(O)CCCCCCCCCC. The predicted molar refractivity (Wildman–Crippen MR) is 144 cm³/mol. The number of hydrogen-bond acceptors (Lipinski definition) is 5. The van der Waals surface area contributed by atoms with E-state index in [2.05, 4.69) is 43.5 Å². The summed E-state index contributed by atoms with van der Waals surface area (Å²) < 4.78 is 32.0. The molecule has 8 heteroatoms. The standard InChI is InChI=1S/C27H49NO6S/c1-3-5-7-9-11-13-14-16-17-19-21-25(29)24(23-35(32,33)34)28-27(31)26(30)22-20-18-15-12-10-8-6-4-2/h5,7,13-14,19,21,24-26,29-30H,3-4,6,8-12,15-18,20,22-23H2,1-2H3,(H,28,31)(H,32,33,34)/b7-5+,14-13+,21-19+. The number of unbranched alkanes of at least 4 members (excludes halogenated alkanes) is 9. The molecule has 35 heavy (non-hydrogen) atoms. The van der Waals surface area contributed by atoms with Gasteiger partial charge in [-0.15, -0.1) is 0 Å². The average molecular weight is 516 g/mol. The summed E-state index contributed by atoms with van der Waals surface area (Å²) in [6.45, 7) is 4.27. The lowest BCUT2D eigenvalue weighted by atomic mass is 10.0. The lowest BCUT2D eigenvalue weighted by Crippen LogP contribution is -2.50. The number of hydrogen-bond donors (Lipinski definition) is 4. The van der Waals surface area contributed by atoms with Gasteiger partial charge in [-0.1, -0.05) is 102 Å². The summed E-state index contributed by atoms with van der Waals surface area (Å²) >= 11 is 0. The van der Waals surface area contributed by atoms with E-state index in [-0.39, 0.29) is 6.42 Å². The molecule has 0 fully saturated rings. The normalized spacial score (nSPS) is 15.2. The van der Waals surface area contributed by atoms with Crippen LogP contribution in [0.4, 0.5) is 0 Å². The molecule has 0 rings (SSSR count). The van der Waals surface area contributed by atoms with Crippen molar-refractivity contribution in [1.29, 1.82) is 0 Å². The van der Waals surface area contributed by atoms with Crippen molar-refractivity contribution in [3.8, 4) is 0 Å². The first-order valence-corrected chi connectivity index (χ1v) is 14.9. The molecule has 0 spiro atoms. The molecular weight excluding hydrogens is 466 g/mol. The number of carbonyl (C=O) groups excluding carboxylic acids is 1. The second kappa shape index (κ2) is 21.8. The Kier molecular flexibility index (Phi) is 20.9. The van der Waals surface area contributed by atoms with Crippen LogP contribution in [0.1, 0.15) is 104 Å². The molecular formula is C27H49NO6S. The quantitative estimate of drug-likeness (QED) is 0.0887. The molecule has 0 saturated heterocycles. The number of allylic oxidation sites excluding steroid dienone is 5. The molecule has 0 heterocycles. The highest BCUT2D eigenvalue weighted by Gasteiger charge is 2.27. The molecule has 7 nitrogen and oxygen atoms in total. The van der Waals surface area contributed by atoms with Crippen LogP contribution in [-0.2, 0) is 14.9 Å². The second-order valence-electron chi connectivity index (χ2n) is 9.07. The highest BCUT2D eigenvalue weighted by atomic mass is 32.2. The number of rotatable bonds is 22. The van der Waals surface area contributed by atoms with Crippen molar-refractivity contribution in [3.05, 3.63) is 36.5 Å². The van der Waals surface area contributed by atoms with Gasteiger partial charge in [0.1, 0.15) is 6.10 Å². The summed E-state index contributed by atoms with van der Waals surface area (Å²) in [6.07, 6.45) is 22.4. The van der Waals surface area contributed by atoms with Crippen molar-refractivity contribution in [2.24, 2.45) is 0 Å². The number of amides is 1. The van der Waals surface area contributed by atoms with Crippen molar-refractivity contribution < 1.29 is 28.0 Å². The zero-order chi connectivity index (χ0) is 26.4. The Balaban J connectivity index is 4.47. The van der Waals surface area contributed by atoms with E-state index in [4.69, 9.17) is 0 Å². The number of nitrogens with one attached hydrogen (secondary N) is 1. The minimum atomic E-state index is -4.43. The van der Waals surface area contributed by atoms with Gasteiger partial charge in [-0.3, -0.25) is 9.35 Å². The van der Waals surface area contributed by atoms with Gasteiger partial charge in [0.2, 0.25) is 5.91 Å². The fraction of sp³-hybridized carbons (Fsp3) is 0.741. The van der Waals surface area contributed by atoms with E-state index in [9.17, 15) is 28.0 Å². The molecule has 0 radical (unpaired) electrons. The third-order valence-corrected chi connectivity index (χ3v) is 6.45. The number of carbonyl (C=O) groups is 1. The third kappa shape index (κ3) is 21.5. The van der Waals surface area contributed by atoms with Crippen LogP contribution < -0.4 is 5.32 Å². The van der Waals surface area contributed by atoms with E-state index < -0.39 is 40.0 Å². The fourth-order valence-electron chi connectivity index (χ4n) is 3.61. The summed E-state index contributed by atoms with van der Waals surface area (Å²) in [5, 5.41) is 22.9. The Hall–Kier alpha value is -1.48. The van der Waals surface area contributed by atoms with Crippen molar-refractivity contribution in [1.82, 2.24) is 5.32 Å². The zero-order valence-corrected chi connectivity index (χ0v) is 22.6. The van der Waals surface area contributed by atoms with Gasteiger partial charge in [-0.05, 0) is 38.5 Å². The van der Waals surface area contributed by atoms with Crippen LogP contribution in [0.3, 0.4) is 0 Å². The van der Waals surface area contributed by atoms with Gasteiger partial charge in [0, 0.05) is 0 Å². The molecule has 0 bridgehead atoms. The first-order valence-electron chi connectivity index (χ1n) is 13.3. The fourth-order valence-corrected chi connectivity index (χ4v) is 4.34. The van der Waals surface area contributed by atoms with E-state index in [0.717, 1.165) is 44.9 Å². The summed E-state index contributed by atoms with van der Waals surface area (Å²) in [5.41, 5.74) is 0. The minimum Gasteiger partial charge on any atom is -0.387 e. The average Bonchev–Trinajstić information content (AvgIpc) is 2.80. The van der Waals surface area contributed by atoms with Gasteiger partial charge >= 0.3 is 0 Å². The lowest BCUT2D eigenvalue weighted by molar-refractivity contribution is -0.130. The van der Waals surface area contributed by atoms with E-state index in [0.29, 0.717) is 12.8 Å². The molecule has 0 aliphatic rings. The van der Waals surface area contributed by atoms with Gasteiger partial charge in [0.05, 0.1) is 17.9 Å². The van der Waals surface area contributed by atoms with Crippen LogP contribution in [0, 0.1) is 0 Å². The van der Waals surface area contributed by atoms with E-state index in [1.165, 1.54) is 31.8 Å². The summed E-state index contributed by atoms with van der Waals surface area (Å²) in [5.74, 6) is -1.57. The first kappa shape index (κ1) is 33.5. The van der Waals surface area contributed by atoms with E-state index >= 15 is 0 Å². The van der Waals surface area contributed by atoms with Crippen LogP contribution in [0.5, 0.6) is 0 Å². The Labute approximate surface area is 213 Å². The Morgan fingerprint density at radius 2 is 1.31 bits per heavy atom. The summed E-state index contributed by atoms with van der Waals surface area (Å²) in [4.78, 5) is 12.3. The van der Waals surface area contributed by atoms with Gasteiger partial charge in [0.15, 0.2) is 0 Å². The molecule has 0 aromatic carbocycles. The molecule has 0 aromatic heterocycles. The Morgan fingerprint density at radius 3 is 1.86 bits per heavy atom. The smallest absolute Gasteiger partial charge is 0.267 e. The van der Waals surface area contributed by atoms with Crippen LogP contribution in [0.2, 0.25) is 0 Å². The van der Waals surface area contributed by atoms with Crippen molar-refractivity contribution in [3.63, 3.8) is 0 Å². The van der Waals surface area contributed by atoms with Crippen LogP contribution in [-0.4, -0.2) is 53.1 Å². The van der Waals surface area contributed by atoms with Crippen LogP contribution in [0.25, 0.3) is 0 Å². The number of aliphatic hydroxyl groups is 2. The largest absolute Gasteiger partial charge is 0.387 e. The highest BCUT2D eigenvalue weighted by Crippen LogP contribution is 2.11. The molecule has 0 aromatic rings. The molecule has 204 valence electrons. The van der Waals surface area contributed by atoms with Crippen LogP contribution in [0.15, 0.2) is 36.5 Å². The Bertz CT molecular complexity index is 717. The Morgan fingerprint density at radius 1 is 0.800 bits per heavy atom. The topological polar surface area (TPSA) is 124 Å². The molecule has 1 amide bonds. The molecule has 0 saturated carbocycles. The van der Waals surface area contributed by atoms with Gasteiger partial charge in [-0.2, -0.15) is 8.42 Å². The second-order valence-corrected chi connectivity index (χ2v) is 10.6. The summed E-state index contributed by atoms with van der Waals surface area (Å²) in [6, 6.07) is -1.25. The molecule has 0 aliphatic heterocycles. The monoisotopic (exact) mass is 515 g/mol. The van der Waals surface area contributed by atoms with Crippen molar-refractivity contribution >= 4 is 16.0 Å². The van der Waals surface area contributed by atoms with Gasteiger partial charge < -0.3 is 15.5 Å². The highest BCUT2D eigenvalue weighted by molar-refractivity contribution is 7.85. The van der Waals surface area contributed by atoms with Crippen LogP contribution >= 0.6 is 0 Å². The van der Waals surface area contributed by atoms with Gasteiger partial charge in [-0.25, -0.2) is 0 Å². The minimum absolute atomic E-state index is 0.270. The molecule has 3 atom stereocenters. The molecule has 3 unspecified atom stereocenters. The maximum atomic E-state index is 12.3. The first-order chi connectivity index (χ1) is 16.7.